The molecule has 3 heterocycles. The third-order valence-corrected chi connectivity index (χ3v) is 7.77. The Balaban J connectivity index is 1.31. The highest BCUT2D eigenvalue weighted by Crippen LogP contribution is 2.39. The van der Waals surface area contributed by atoms with E-state index in [1.165, 1.54) is 12.1 Å². The third kappa shape index (κ3) is 5.21. The lowest BCUT2D eigenvalue weighted by molar-refractivity contribution is -0.138. The number of alkyl halides is 3. The minimum absolute atomic E-state index is 0.230. The largest absolute Gasteiger partial charge is 0.416 e. The first-order valence-electron chi connectivity index (χ1n) is 12.1. The number of hydrogen-bond donors (Lipinski definition) is 2. The first kappa shape index (κ1) is 25.6. The Morgan fingerprint density at radius 3 is 2.46 bits per heavy atom. The van der Waals surface area contributed by atoms with E-state index in [9.17, 15) is 27.9 Å². The van der Waals surface area contributed by atoms with Crippen molar-refractivity contribution in [3.63, 3.8) is 0 Å². The monoisotopic (exact) mass is 531 g/mol. The zero-order valence-electron chi connectivity index (χ0n) is 19.8. The molecule has 194 valence electrons. The molecule has 2 aliphatic rings. The van der Waals surface area contributed by atoms with Crippen molar-refractivity contribution in [1.82, 2.24) is 15.2 Å². The Morgan fingerprint density at radius 2 is 1.81 bits per heavy atom. The van der Waals surface area contributed by atoms with Crippen LogP contribution in [0.3, 0.4) is 0 Å². The summed E-state index contributed by atoms with van der Waals surface area (Å²) in [5.74, 6) is -1.27. The molecule has 2 aromatic carbocycles. The minimum atomic E-state index is -4.36. The molecule has 6 nitrogen and oxygen atoms in total. The van der Waals surface area contributed by atoms with Crippen molar-refractivity contribution in [1.29, 1.82) is 0 Å². The van der Waals surface area contributed by atoms with Crippen LogP contribution in [0.15, 0.2) is 48.7 Å². The van der Waals surface area contributed by atoms with Crippen molar-refractivity contribution in [2.24, 2.45) is 0 Å². The van der Waals surface area contributed by atoms with Gasteiger partial charge in [0, 0.05) is 43.2 Å². The Kier molecular flexibility index (Phi) is 6.72. The molecule has 1 unspecified atom stereocenters. The molecular weight excluding hydrogens is 507 g/mol. The van der Waals surface area contributed by atoms with Gasteiger partial charge in [0.1, 0.15) is 0 Å². The molecule has 1 aromatic heterocycles. The number of imide groups is 1. The van der Waals surface area contributed by atoms with Crippen molar-refractivity contribution < 1.29 is 27.9 Å². The van der Waals surface area contributed by atoms with E-state index in [4.69, 9.17) is 11.6 Å². The molecule has 0 aliphatic carbocycles. The molecule has 3 aromatic rings. The number of nitrogens with zero attached hydrogens (tertiary/aromatic N) is 2. The third-order valence-electron chi connectivity index (χ3n) is 7.35. The highest BCUT2D eigenvalue weighted by Gasteiger charge is 2.35. The Bertz CT molecular complexity index is 1350. The van der Waals surface area contributed by atoms with Gasteiger partial charge in [0.05, 0.1) is 27.6 Å². The van der Waals surface area contributed by atoms with Gasteiger partial charge in [0.15, 0.2) is 0 Å². The van der Waals surface area contributed by atoms with E-state index in [-0.39, 0.29) is 12.3 Å². The Labute approximate surface area is 216 Å². The summed E-state index contributed by atoms with van der Waals surface area (Å²) in [5.41, 5.74) is 0.886. The number of carbonyl (C=O) groups is 2. The van der Waals surface area contributed by atoms with Crippen LogP contribution in [0, 0.1) is 0 Å². The van der Waals surface area contributed by atoms with Gasteiger partial charge in [-0.15, -0.1) is 0 Å². The highest BCUT2D eigenvalue weighted by molar-refractivity contribution is 6.36. The van der Waals surface area contributed by atoms with Crippen LogP contribution in [0.4, 0.5) is 13.2 Å². The predicted octanol–water partition coefficient (Wildman–Crippen LogP) is 4.91. The molecule has 2 fully saturated rings. The van der Waals surface area contributed by atoms with E-state index in [2.05, 4.69) is 15.2 Å². The fourth-order valence-electron chi connectivity index (χ4n) is 5.13. The van der Waals surface area contributed by atoms with Gasteiger partial charge in [-0.1, -0.05) is 29.8 Å². The maximum Gasteiger partial charge on any atom is 0.416 e. The molecule has 2 aliphatic heterocycles. The number of fused-ring (bicyclic) bond motifs is 1. The number of hydrogen-bond acceptors (Lipinski definition) is 5. The fourth-order valence-corrected chi connectivity index (χ4v) is 5.46. The van der Waals surface area contributed by atoms with Crippen molar-refractivity contribution >= 4 is 34.3 Å². The number of rotatable bonds is 4. The number of aliphatic hydroxyl groups is 1. The van der Waals surface area contributed by atoms with Crippen LogP contribution in [-0.4, -0.2) is 39.9 Å². The highest BCUT2D eigenvalue weighted by atomic mass is 35.5. The van der Waals surface area contributed by atoms with E-state index < -0.39 is 29.2 Å². The van der Waals surface area contributed by atoms with E-state index in [0.29, 0.717) is 65.9 Å². The maximum atomic E-state index is 12.8. The molecule has 2 N–H and O–H groups in total. The van der Waals surface area contributed by atoms with Crippen LogP contribution in [0.2, 0.25) is 5.02 Å². The van der Waals surface area contributed by atoms with E-state index in [1.807, 2.05) is 12.1 Å². The molecule has 2 saturated heterocycles. The number of benzene rings is 2. The molecule has 37 heavy (non-hydrogen) atoms. The lowest BCUT2D eigenvalue weighted by atomic mass is 9.83. The fraction of sp³-hybridized carbons (Fsp3) is 0.370. The molecule has 0 radical (unpaired) electrons. The molecular formula is C27H25ClF3N3O3. The van der Waals surface area contributed by atoms with E-state index in [1.54, 1.807) is 12.3 Å². The first-order chi connectivity index (χ1) is 17.5. The van der Waals surface area contributed by atoms with Crippen LogP contribution in [0.1, 0.15) is 53.9 Å². The average molecular weight is 532 g/mol. The maximum absolute atomic E-state index is 12.8. The number of halogens is 4. The summed E-state index contributed by atoms with van der Waals surface area (Å²) < 4.78 is 38.4. The number of amides is 2. The molecule has 1 atom stereocenters. The lowest BCUT2D eigenvalue weighted by Gasteiger charge is -2.38. The second kappa shape index (κ2) is 9.70. The summed E-state index contributed by atoms with van der Waals surface area (Å²) in [6.07, 6.45) is -1.32. The number of aromatic nitrogens is 1. The second-order valence-electron chi connectivity index (χ2n) is 9.77. The quantitative estimate of drug-likeness (QED) is 0.467. The van der Waals surface area contributed by atoms with Gasteiger partial charge < -0.3 is 5.11 Å². The van der Waals surface area contributed by atoms with Crippen LogP contribution in [0.5, 0.6) is 0 Å². The van der Waals surface area contributed by atoms with Gasteiger partial charge in [-0.3, -0.25) is 24.8 Å². The molecule has 0 saturated carbocycles. The number of carbonyl (C=O) groups excluding carboxylic acids is 2. The Hall–Kier alpha value is -3.01. The van der Waals surface area contributed by atoms with Crippen LogP contribution >= 0.6 is 11.6 Å². The SMILES string of the molecule is O=C1CCC(c2cnc3ccc(C4(O)CCN(Cc5ccc(C(F)(F)F)cc5)CC4)cc3c2Cl)C(=O)N1. The summed E-state index contributed by atoms with van der Waals surface area (Å²) in [6, 6.07) is 10.6. The van der Waals surface area contributed by atoms with Crippen LogP contribution in [0.25, 0.3) is 10.9 Å². The number of piperidine rings is 2. The topological polar surface area (TPSA) is 82.5 Å². The van der Waals surface area contributed by atoms with Crippen molar-refractivity contribution in [2.45, 2.75) is 49.9 Å². The van der Waals surface area contributed by atoms with Crippen molar-refractivity contribution in [3.8, 4) is 0 Å². The van der Waals surface area contributed by atoms with E-state index >= 15 is 0 Å². The molecule has 10 heteroatoms. The van der Waals surface area contributed by atoms with Gasteiger partial charge in [0.2, 0.25) is 11.8 Å². The van der Waals surface area contributed by atoms with Crippen molar-refractivity contribution in [3.05, 3.63) is 75.9 Å². The zero-order valence-corrected chi connectivity index (χ0v) is 20.6. The summed E-state index contributed by atoms with van der Waals surface area (Å²) in [5, 5.41) is 14.8. The molecule has 2 amide bonds. The van der Waals surface area contributed by atoms with Gasteiger partial charge >= 0.3 is 6.18 Å². The second-order valence-corrected chi connectivity index (χ2v) is 10.1. The Morgan fingerprint density at radius 1 is 1.11 bits per heavy atom. The van der Waals surface area contributed by atoms with Crippen molar-refractivity contribution in [2.75, 3.05) is 13.1 Å². The standard InChI is InChI=1S/C27H25ClF3N3O3/c28-24-20-13-18(5-7-22(20)32-14-21(24)19-6-8-23(35)33-25(19)36)26(37)9-11-34(12-10-26)15-16-1-3-17(4-2-16)27(29,30)31/h1-5,7,13-14,19,37H,6,8-12,15H2,(H,33,35,36). The first-order valence-corrected chi connectivity index (χ1v) is 12.4. The smallest absolute Gasteiger partial charge is 0.385 e. The summed E-state index contributed by atoms with van der Waals surface area (Å²) in [6.45, 7) is 1.63. The number of likely N-dealkylation sites (tertiary alicyclic amines) is 1. The lowest BCUT2D eigenvalue weighted by Crippen LogP contribution is -2.42. The number of nitrogens with one attached hydrogen (secondary N) is 1. The molecule has 0 spiro atoms. The average Bonchev–Trinajstić information content (AvgIpc) is 2.86. The van der Waals surface area contributed by atoms with Crippen LogP contribution < -0.4 is 5.32 Å². The minimum Gasteiger partial charge on any atom is -0.385 e. The van der Waals surface area contributed by atoms with Gasteiger partial charge in [0.25, 0.3) is 0 Å². The molecule has 0 bridgehead atoms. The van der Waals surface area contributed by atoms with Gasteiger partial charge in [-0.05, 0) is 54.7 Å². The summed E-state index contributed by atoms with van der Waals surface area (Å²) in [7, 11) is 0. The zero-order chi connectivity index (χ0) is 26.4. The summed E-state index contributed by atoms with van der Waals surface area (Å²) in [4.78, 5) is 30.4. The summed E-state index contributed by atoms with van der Waals surface area (Å²) >= 11 is 6.72. The normalized spacial score (nSPS) is 20.7. The van der Waals surface area contributed by atoms with Gasteiger partial charge in [-0.25, -0.2) is 0 Å². The van der Waals surface area contributed by atoms with Crippen LogP contribution in [-0.2, 0) is 27.9 Å². The number of pyridine rings is 1. The predicted molar refractivity (Wildman–Crippen MR) is 132 cm³/mol. The molecule has 5 rings (SSSR count). The van der Waals surface area contributed by atoms with Gasteiger partial charge in [-0.2, -0.15) is 13.2 Å². The van der Waals surface area contributed by atoms with E-state index in [0.717, 1.165) is 17.7 Å².